The normalized spacial score (nSPS) is 29.1. The third kappa shape index (κ3) is 3.55. The van der Waals surface area contributed by atoms with E-state index >= 15 is 0 Å². The van der Waals surface area contributed by atoms with E-state index < -0.39 is 0 Å². The Morgan fingerprint density at radius 1 is 1.61 bits per heavy atom. The minimum absolute atomic E-state index is 0.203. The highest BCUT2D eigenvalue weighted by atomic mass is 16.7. The van der Waals surface area contributed by atoms with Gasteiger partial charge in [-0.05, 0) is 12.0 Å². The lowest BCUT2D eigenvalue weighted by atomic mass is 9.98. The average Bonchev–Trinajstić information content (AvgIpc) is 2.61. The maximum atomic E-state index is 5.60. The second kappa shape index (κ2) is 6.88. The molecule has 0 bridgehead atoms. The lowest BCUT2D eigenvalue weighted by Gasteiger charge is -2.28. The molecule has 3 nitrogen and oxygen atoms in total. The monoisotopic (exact) mass is 250 g/mol. The quantitative estimate of drug-likeness (QED) is 0.554. The van der Waals surface area contributed by atoms with Crippen LogP contribution in [0, 0.1) is 11.8 Å². The van der Waals surface area contributed by atoms with E-state index in [4.69, 9.17) is 14.2 Å². The molecule has 0 radical (unpaired) electrons. The van der Waals surface area contributed by atoms with Gasteiger partial charge in [0.2, 0.25) is 0 Å². The highest BCUT2D eigenvalue weighted by Gasteiger charge is 2.25. The van der Waals surface area contributed by atoms with Crippen molar-refractivity contribution in [3.8, 4) is 0 Å². The SMILES string of the molecule is C=CCOCC(C)C1=CCC2COCOC2C=C1. The molecule has 0 spiro atoms. The number of hydrogen-bond donors (Lipinski definition) is 0. The largest absolute Gasteiger partial charge is 0.377 e. The second-order valence-electron chi connectivity index (χ2n) is 4.91. The minimum Gasteiger partial charge on any atom is -0.377 e. The fraction of sp³-hybridized carbons (Fsp3) is 0.600. The molecule has 1 aliphatic carbocycles. The topological polar surface area (TPSA) is 27.7 Å². The molecule has 0 amide bonds. The number of rotatable bonds is 5. The lowest BCUT2D eigenvalue weighted by Crippen LogP contribution is -2.32. The third-order valence-electron chi connectivity index (χ3n) is 3.45. The summed E-state index contributed by atoms with van der Waals surface area (Å²) in [6.07, 6.45) is 9.63. The standard InChI is InChI=1S/C15H22O3/c1-3-8-16-9-12(2)13-4-5-14-10-17-11-18-15(14)7-6-13/h3-4,6-7,12,14-15H,1,5,8-11H2,2H3. The van der Waals surface area contributed by atoms with Gasteiger partial charge < -0.3 is 14.2 Å². The van der Waals surface area contributed by atoms with Gasteiger partial charge in [-0.1, -0.05) is 31.2 Å². The summed E-state index contributed by atoms with van der Waals surface area (Å²) in [6, 6.07) is 0. The summed E-state index contributed by atoms with van der Waals surface area (Å²) in [4.78, 5) is 0. The van der Waals surface area contributed by atoms with Crippen molar-refractivity contribution in [1.29, 1.82) is 0 Å². The van der Waals surface area contributed by atoms with Crippen LogP contribution in [0.15, 0.2) is 36.5 Å². The maximum Gasteiger partial charge on any atom is 0.147 e. The zero-order valence-corrected chi connectivity index (χ0v) is 11.0. The van der Waals surface area contributed by atoms with Crippen molar-refractivity contribution in [3.63, 3.8) is 0 Å². The van der Waals surface area contributed by atoms with Crippen molar-refractivity contribution in [2.24, 2.45) is 11.8 Å². The highest BCUT2D eigenvalue weighted by Crippen LogP contribution is 2.26. The van der Waals surface area contributed by atoms with Crippen molar-refractivity contribution in [1.82, 2.24) is 0 Å². The van der Waals surface area contributed by atoms with Crippen LogP contribution in [0.3, 0.4) is 0 Å². The molecule has 1 fully saturated rings. The fourth-order valence-corrected chi connectivity index (χ4v) is 2.32. The third-order valence-corrected chi connectivity index (χ3v) is 3.45. The Balaban J connectivity index is 1.92. The first kappa shape index (κ1) is 13.5. The van der Waals surface area contributed by atoms with Crippen LogP contribution in [0.2, 0.25) is 0 Å². The van der Waals surface area contributed by atoms with Gasteiger partial charge >= 0.3 is 0 Å². The smallest absolute Gasteiger partial charge is 0.147 e. The van der Waals surface area contributed by atoms with Crippen LogP contribution >= 0.6 is 0 Å². The van der Waals surface area contributed by atoms with Gasteiger partial charge in [0.25, 0.3) is 0 Å². The summed E-state index contributed by atoms with van der Waals surface area (Å²) in [6.45, 7) is 8.39. The number of allylic oxidation sites excluding steroid dienone is 2. The van der Waals surface area contributed by atoms with Gasteiger partial charge in [-0.3, -0.25) is 0 Å². The van der Waals surface area contributed by atoms with Crippen LogP contribution in [0.4, 0.5) is 0 Å². The summed E-state index contributed by atoms with van der Waals surface area (Å²) in [5.74, 6) is 0.857. The van der Waals surface area contributed by atoms with Crippen LogP contribution in [-0.2, 0) is 14.2 Å². The van der Waals surface area contributed by atoms with E-state index in [1.807, 2.05) is 0 Å². The molecule has 0 aromatic rings. The van der Waals surface area contributed by atoms with E-state index in [1.165, 1.54) is 5.57 Å². The van der Waals surface area contributed by atoms with E-state index in [2.05, 4.69) is 31.7 Å². The predicted octanol–water partition coefficient (Wildman–Crippen LogP) is 2.70. The molecular formula is C15H22O3. The summed E-state index contributed by atoms with van der Waals surface area (Å²) < 4.78 is 16.5. The Morgan fingerprint density at radius 2 is 2.50 bits per heavy atom. The van der Waals surface area contributed by atoms with Crippen molar-refractivity contribution < 1.29 is 14.2 Å². The highest BCUT2D eigenvalue weighted by molar-refractivity contribution is 5.25. The predicted molar refractivity (Wildman–Crippen MR) is 71.2 cm³/mol. The maximum absolute atomic E-state index is 5.60. The van der Waals surface area contributed by atoms with Gasteiger partial charge in [0.15, 0.2) is 0 Å². The van der Waals surface area contributed by atoms with E-state index in [9.17, 15) is 0 Å². The summed E-state index contributed by atoms with van der Waals surface area (Å²) in [5.41, 5.74) is 1.33. The zero-order chi connectivity index (χ0) is 12.8. The number of fused-ring (bicyclic) bond motifs is 1. The van der Waals surface area contributed by atoms with E-state index in [0.717, 1.165) is 19.6 Å². The fourth-order valence-electron chi connectivity index (χ4n) is 2.32. The van der Waals surface area contributed by atoms with Gasteiger partial charge in [-0.2, -0.15) is 0 Å². The van der Waals surface area contributed by atoms with Crippen molar-refractivity contribution in [2.45, 2.75) is 19.4 Å². The first-order chi connectivity index (χ1) is 8.81. The first-order valence-electron chi connectivity index (χ1n) is 6.57. The zero-order valence-electron chi connectivity index (χ0n) is 11.0. The van der Waals surface area contributed by atoms with Gasteiger partial charge in [-0.25, -0.2) is 0 Å². The molecule has 18 heavy (non-hydrogen) atoms. The molecule has 3 unspecified atom stereocenters. The molecular weight excluding hydrogens is 228 g/mol. The minimum atomic E-state index is 0.203. The Labute approximate surface area is 109 Å². The van der Waals surface area contributed by atoms with Gasteiger partial charge in [0.1, 0.15) is 6.79 Å². The van der Waals surface area contributed by atoms with E-state index in [1.54, 1.807) is 6.08 Å². The Hall–Kier alpha value is -0.900. The Bertz CT molecular complexity index is 333. The molecule has 0 N–H and O–H groups in total. The molecule has 0 aromatic carbocycles. The number of hydrogen-bond acceptors (Lipinski definition) is 3. The number of ether oxygens (including phenoxy) is 3. The van der Waals surface area contributed by atoms with Gasteiger partial charge in [0, 0.05) is 11.8 Å². The Morgan fingerprint density at radius 3 is 3.33 bits per heavy atom. The van der Waals surface area contributed by atoms with E-state index in [0.29, 0.717) is 25.2 Å². The van der Waals surface area contributed by atoms with Crippen LogP contribution in [-0.4, -0.2) is 32.7 Å². The molecule has 0 saturated carbocycles. The lowest BCUT2D eigenvalue weighted by molar-refractivity contribution is -0.152. The van der Waals surface area contributed by atoms with Crippen LogP contribution in [0.5, 0.6) is 0 Å². The summed E-state index contributed by atoms with van der Waals surface area (Å²) >= 11 is 0. The van der Waals surface area contributed by atoms with Crippen molar-refractivity contribution >= 4 is 0 Å². The van der Waals surface area contributed by atoms with Crippen LogP contribution < -0.4 is 0 Å². The Kier molecular flexibility index (Phi) is 5.17. The molecule has 1 saturated heterocycles. The second-order valence-corrected chi connectivity index (χ2v) is 4.91. The molecule has 100 valence electrons. The summed E-state index contributed by atoms with van der Waals surface area (Å²) in [5, 5.41) is 0. The van der Waals surface area contributed by atoms with Crippen LogP contribution in [0.1, 0.15) is 13.3 Å². The summed E-state index contributed by atoms with van der Waals surface area (Å²) in [7, 11) is 0. The first-order valence-corrected chi connectivity index (χ1v) is 6.57. The van der Waals surface area contributed by atoms with Crippen molar-refractivity contribution in [2.75, 3.05) is 26.6 Å². The molecule has 1 aliphatic heterocycles. The molecule has 0 aromatic heterocycles. The van der Waals surface area contributed by atoms with Gasteiger partial charge in [-0.15, -0.1) is 6.58 Å². The van der Waals surface area contributed by atoms with Crippen LogP contribution in [0.25, 0.3) is 0 Å². The molecule has 1 heterocycles. The molecule has 3 heteroatoms. The van der Waals surface area contributed by atoms with E-state index in [-0.39, 0.29) is 6.10 Å². The average molecular weight is 250 g/mol. The molecule has 3 atom stereocenters. The van der Waals surface area contributed by atoms with Gasteiger partial charge in [0.05, 0.1) is 25.9 Å². The molecule has 2 rings (SSSR count). The molecule has 2 aliphatic rings. The van der Waals surface area contributed by atoms with Crippen molar-refractivity contribution in [3.05, 3.63) is 36.5 Å².